The van der Waals surface area contributed by atoms with Crippen molar-refractivity contribution < 1.29 is 19.5 Å². The van der Waals surface area contributed by atoms with Crippen molar-refractivity contribution >= 4 is 17.4 Å². The second-order valence-electron chi connectivity index (χ2n) is 4.87. The highest BCUT2D eigenvalue weighted by molar-refractivity contribution is 5.93. The van der Waals surface area contributed by atoms with Crippen LogP contribution < -0.4 is 15.8 Å². The van der Waals surface area contributed by atoms with Gasteiger partial charge in [-0.05, 0) is 25.5 Å². The minimum Gasteiger partial charge on any atom is -0.485 e. The van der Waals surface area contributed by atoms with Gasteiger partial charge in [-0.15, -0.1) is 0 Å². The van der Waals surface area contributed by atoms with E-state index in [1.165, 1.54) is 0 Å². The van der Waals surface area contributed by atoms with Crippen LogP contribution in [0.5, 0.6) is 5.75 Å². The first-order valence-electron chi connectivity index (χ1n) is 6.72. The molecule has 21 heavy (non-hydrogen) atoms. The number of hydrogen-bond donors (Lipinski definition) is 3. The summed E-state index contributed by atoms with van der Waals surface area (Å²) in [5, 5.41) is 14.1. The van der Waals surface area contributed by atoms with Crippen LogP contribution in [0.3, 0.4) is 0 Å². The minimum atomic E-state index is -0.133. The van der Waals surface area contributed by atoms with E-state index in [4.69, 9.17) is 20.4 Å². The zero-order valence-corrected chi connectivity index (χ0v) is 11.8. The molecule has 0 radical (unpaired) electrons. The number of oxime groups is 1. The molecule has 2 atom stereocenters. The normalized spacial score (nSPS) is 22.0. The van der Waals surface area contributed by atoms with Gasteiger partial charge in [0.25, 0.3) is 0 Å². The Labute approximate surface area is 122 Å². The third-order valence-corrected chi connectivity index (χ3v) is 3.33. The fourth-order valence-corrected chi connectivity index (χ4v) is 2.16. The van der Waals surface area contributed by atoms with Gasteiger partial charge in [0.05, 0.1) is 12.0 Å². The summed E-state index contributed by atoms with van der Waals surface area (Å²) in [5.74, 6) is 0.303. The van der Waals surface area contributed by atoms with Crippen molar-refractivity contribution in [2.75, 3.05) is 18.5 Å². The Bertz CT molecular complexity index is 533. The SMILES string of the molecule is CC1OCCC1C(=O)Nc1cccc(OCC(N)=NO)c1. The monoisotopic (exact) mass is 293 g/mol. The number of carbonyl (C=O) groups is 1. The molecule has 1 amide bonds. The highest BCUT2D eigenvalue weighted by atomic mass is 16.5. The summed E-state index contributed by atoms with van der Waals surface area (Å²) in [5.41, 5.74) is 5.96. The van der Waals surface area contributed by atoms with Crippen molar-refractivity contribution in [2.45, 2.75) is 19.4 Å². The van der Waals surface area contributed by atoms with Crippen molar-refractivity contribution in [3.05, 3.63) is 24.3 Å². The van der Waals surface area contributed by atoms with Crippen LogP contribution in [0.25, 0.3) is 0 Å². The van der Waals surface area contributed by atoms with E-state index in [-0.39, 0.29) is 30.4 Å². The lowest BCUT2D eigenvalue weighted by atomic mass is 10.0. The highest BCUT2D eigenvalue weighted by Crippen LogP contribution is 2.23. The number of nitrogens with one attached hydrogen (secondary N) is 1. The maximum absolute atomic E-state index is 12.1. The molecule has 1 heterocycles. The average Bonchev–Trinajstić information content (AvgIpc) is 2.91. The number of ether oxygens (including phenoxy) is 2. The van der Waals surface area contributed by atoms with Gasteiger partial charge >= 0.3 is 0 Å². The summed E-state index contributed by atoms with van der Waals surface area (Å²) in [6.07, 6.45) is 0.664. The zero-order valence-electron chi connectivity index (χ0n) is 11.8. The third kappa shape index (κ3) is 4.09. The van der Waals surface area contributed by atoms with E-state index >= 15 is 0 Å². The molecule has 1 aromatic carbocycles. The molecule has 0 spiro atoms. The predicted molar refractivity (Wildman–Crippen MR) is 77.5 cm³/mol. The Balaban J connectivity index is 1.95. The molecule has 0 aliphatic carbocycles. The molecule has 1 aromatic rings. The predicted octanol–water partition coefficient (Wildman–Crippen LogP) is 1.18. The second-order valence-corrected chi connectivity index (χ2v) is 4.87. The molecule has 0 bridgehead atoms. The van der Waals surface area contributed by atoms with E-state index in [0.717, 1.165) is 6.42 Å². The number of nitrogens with two attached hydrogens (primary N) is 1. The molecular weight excluding hydrogens is 274 g/mol. The van der Waals surface area contributed by atoms with E-state index in [2.05, 4.69) is 10.5 Å². The summed E-state index contributed by atoms with van der Waals surface area (Å²) >= 11 is 0. The summed E-state index contributed by atoms with van der Waals surface area (Å²) in [4.78, 5) is 12.1. The number of hydrogen-bond acceptors (Lipinski definition) is 5. The molecule has 1 aliphatic heterocycles. The molecular formula is C14H19N3O4. The number of nitrogens with zero attached hydrogens (tertiary/aromatic N) is 1. The molecule has 1 fully saturated rings. The molecule has 4 N–H and O–H groups in total. The highest BCUT2D eigenvalue weighted by Gasteiger charge is 2.30. The Morgan fingerprint density at radius 1 is 1.62 bits per heavy atom. The van der Waals surface area contributed by atoms with Gasteiger partial charge in [0.1, 0.15) is 12.4 Å². The largest absolute Gasteiger partial charge is 0.485 e. The quantitative estimate of drug-likeness (QED) is 0.327. The Hall–Kier alpha value is -2.28. The first-order chi connectivity index (χ1) is 10.1. The van der Waals surface area contributed by atoms with E-state index in [1.54, 1.807) is 24.3 Å². The maximum Gasteiger partial charge on any atom is 0.230 e. The van der Waals surface area contributed by atoms with E-state index < -0.39 is 0 Å². The smallest absolute Gasteiger partial charge is 0.230 e. The summed E-state index contributed by atoms with van der Waals surface area (Å²) in [6.45, 7) is 2.48. The number of anilines is 1. The van der Waals surface area contributed by atoms with E-state index in [9.17, 15) is 4.79 Å². The fourth-order valence-electron chi connectivity index (χ4n) is 2.16. The number of benzene rings is 1. The van der Waals surface area contributed by atoms with Gasteiger partial charge in [0.15, 0.2) is 5.84 Å². The van der Waals surface area contributed by atoms with E-state index in [1.807, 2.05) is 6.92 Å². The van der Waals surface area contributed by atoms with Crippen molar-refractivity contribution in [3.63, 3.8) is 0 Å². The Kier molecular flexibility index (Phi) is 4.99. The van der Waals surface area contributed by atoms with Crippen LogP contribution in [0, 0.1) is 5.92 Å². The van der Waals surface area contributed by atoms with Crippen LogP contribution in [0.15, 0.2) is 29.4 Å². The van der Waals surface area contributed by atoms with Crippen molar-refractivity contribution in [2.24, 2.45) is 16.8 Å². The molecule has 0 aromatic heterocycles. The minimum absolute atomic E-state index is 0.0264. The maximum atomic E-state index is 12.1. The van der Waals surface area contributed by atoms with Gasteiger partial charge in [-0.3, -0.25) is 4.79 Å². The fraction of sp³-hybridized carbons (Fsp3) is 0.429. The van der Waals surface area contributed by atoms with Crippen LogP contribution in [0.4, 0.5) is 5.69 Å². The standard InChI is InChI=1S/C14H19N3O4/c1-9-12(5-6-20-9)14(18)16-10-3-2-4-11(7-10)21-8-13(15)17-19/h2-4,7,9,12,19H,5-6,8H2,1H3,(H2,15,17)(H,16,18). The molecule has 0 saturated carbocycles. The lowest BCUT2D eigenvalue weighted by Crippen LogP contribution is -2.27. The lowest BCUT2D eigenvalue weighted by Gasteiger charge is -2.14. The molecule has 1 saturated heterocycles. The van der Waals surface area contributed by atoms with Crippen LogP contribution in [-0.2, 0) is 9.53 Å². The van der Waals surface area contributed by atoms with Crippen LogP contribution in [0.1, 0.15) is 13.3 Å². The molecule has 2 rings (SSSR count). The summed E-state index contributed by atoms with van der Waals surface area (Å²) in [7, 11) is 0. The van der Waals surface area contributed by atoms with Gasteiger partial charge in [0.2, 0.25) is 5.91 Å². The first-order valence-corrected chi connectivity index (χ1v) is 6.72. The molecule has 7 nitrogen and oxygen atoms in total. The van der Waals surface area contributed by atoms with Crippen molar-refractivity contribution in [3.8, 4) is 5.75 Å². The molecule has 1 aliphatic rings. The molecule has 2 unspecified atom stereocenters. The third-order valence-electron chi connectivity index (χ3n) is 3.33. The molecule has 7 heteroatoms. The topological polar surface area (TPSA) is 106 Å². The number of amides is 1. The number of rotatable bonds is 5. The Morgan fingerprint density at radius 3 is 3.10 bits per heavy atom. The van der Waals surface area contributed by atoms with Crippen molar-refractivity contribution in [1.82, 2.24) is 0 Å². The van der Waals surface area contributed by atoms with Gasteiger partial charge < -0.3 is 25.7 Å². The number of carbonyl (C=O) groups excluding carboxylic acids is 1. The van der Waals surface area contributed by atoms with Gasteiger partial charge in [-0.25, -0.2) is 0 Å². The lowest BCUT2D eigenvalue weighted by molar-refractivity contribution is -0.121. The van der Waals surface area contributed by atoms with Crippen LogP contribution in [-0.4, -0.2) is 36.3 Å². The zero-order chi connectivity index (χ0) is 15.2. The van der Waals surface area contributed by atoms with Gasteiger partial charge in [-0.2, -0.15) is 0 Å². The second kappa shape index (κ2) is 6.94. The number of amidine groups is 1. The average molecular weight is 293 g/mol. The molecule has 114 valence electrons. The van der Waals surface area contributed by atoms with Gasteiger partial charge in [0, 0.05) is 18.4 Å². The van der Waals surface area contributed by atoms with Crippen LogP contribution >= 0.6 is 0 Å². The van der Waals surface area contributed by atoms with E-state index in [0.29, 0.717) is 18.0 Å². The summed E-state index contributed by atoms with van der Waals surface area (Å²) < 4.78 is 10.7. The van der Waals surface area contributed by atoms with Gasteiger partial charge in [-0.1, -0.05) is 11.2 Å². The van der Waals surface area contributed by atoms with Crippen molar-refractivity contribution in [1.29, 1.82) is 0 Å². The Morgan fingerprint density at radius 2 is 2.43 bits per heavy atom. The van der Waals surface area contributed by atoms with Crippen LogP contribution in [0.2, 0.25) is 0 Å². The first kappa shape index (κ1) is 15.1. The summed E-state index contributed by atoms with van der Waals surface area (Å²) in [6, 6.07) is 6.94.